The summed E-state index contributed by atoms with van der Waals surface area (Å²) in [5, 5.41) is 2.64. The van der Waals surface area contributed by atoms with Crippen molar-refractivity contribution in [3.8, 4) is 5.75 Å². The van der Waals surface area contributed by atoms with Crippen molar-refractivity contribution in [3.63, 3.8) is 0 Å². The van der Waals surface area contributed by atoms with E-state index in [4.69, 9.17) is 21.1 Å². The Balaban J connectivity index is 1.60. The molecule has 0 spiro atoms. The quantitative estimate of drug-likeness (QED) is 0.625. The predicted octanol–water partition coefficient (Wildman–Crippen LogP) is 3.73. The van der Waals surface area contributed by atoms with Crippen molar-refractivity contribution < 1.29 is 14.3 Å². The van der Waals surface area contributed by atoms with Crippen molar-refractivity contribution >= 4 is 17.7 Å². The molecule has 0 aromatic heterocycles. The van der Waals surface area contributed by atoms with Gasteiger partial charge in [0.2, 0.25) is 0 Å². The Bertz CT molecular complexity index is 572. The molecule has 2 rings (SSSR count). The first kappa shape index (κ1) is 16.2. The van der Waals surface area contributed by atoms with Gasteiger partial charge in [-0.05, 0) is 23.3 Å². The van der Waals surface area contributed by atoms with Crippen molar-refractivity contribution in [2.24, 2.45) is 0 Å². The Kier molecular flexibility index (Phi) is 6.58. The van der Waals surface area contributed by atoms with Crippen molar-refractivity contribution in [2.75, 3.05) is 13.2 Å². The highest BCUT2D eigenvalue weighted by atomic mass is 35.5. The average molecular weight is 320 g/mol. The van der Waals surface area contributed by atoms with E-state index in [-0.39, 0.29) is 6.61 Å². The Hall–Kier alpha value is -2.20. The number of rotatable bonds is 7. The first-order valence-electron chi connectivity index (χ1n) is 7.00. The number of hydrogen-bond acceptors (Lipinski definition) is 3. The molecule has 4 nitrogen and oxygen atoms in total. The van der Waals surface area contributed by atoms with Gasteiger partial charge >= 0.3 is 6.09 Å². The van der Waals surface area contributed by atoms with E-state index in [1.54, 1.807) is 0 Å². The number of ether oxygens (including phenoxy) is 2. The molecule has 0 atom stereocenters. The molecule has 0 aliphatic heterocycles. The lowest BCUT2D eigenvalue weighted by atomic mass is 10.2. The van der Waals surface area contributed by atoms with Crippen molar-refractivity contribution in [2.45, 2.75) is 12.5 Å². The SMILES string of the molecule is O=C(NCCOc1ccc(CCl)cc1)OCc1ccccc1. The summed E-state index contributed by atoms with van der Waals surface area (Å²) in [5.41, 5.74) is 1.99. The molecule has 5 heteroatoms. The summed E-state index contributed by atoms with van der Waals surface area (Å²) in [6.45, 7) is 1.01. The van der Waals surface area contributed by atoms with Crippen LogP contribution < -0.4 is 10.1 Å². The largest absolute Gasteiger partial charge is 0.492 e. The third-order valence-corrected chi connectivity index (χ3v) is 3.24. The van der Waals surface area contributed by atoms with Crippen molar-refractivity contribution in [3.05, 3.63) is 65.7 Å². The van der Waals surface area contributed by atoms with E-state index in [1.807, 2.05) is 54.6 Å². The zero-order valence-electron chi connectivity index (χ0n) is 12.1. The minimum atomic E-state index is -0.454. The Labute approximate surface area is 135 Å². The molecule has 116 valence electrons. The van der Waals surface area contributed by atoms with E-state index < -0.39 is 6.09 Å². The number of amides is 1. The number of hydrogen-bond donors (Lipinski definition) is 1. The number of halogens is 1. The molecule has 0 aliphatic rings. The van der Waals surface area contributed by atoms with Gasteiger partial charge in [0, 0.05) is 5.88 Å². The van der Waals surface area contributed by atoms with Gasteiger partial charge in [-0.25, -0.2) is 4.79 Å². The highest BCUT2D eigenvalue weighted by Crippen LogP contribution is 2.13. The number of carbonyl (C=O) groups excluding carboxylic acids is 1. The highest BCUT2D eigenvalue weighted by Gasteiger charge is 2.02. The van der Waals surface area contributed by atoms with Crippen LogP contribution in [0.25, 0.3) is 0 Å². The second kappa shape index (κ2) is 8.95. The molecular formula is C17H18ClNO3. The van der Waals surface area contributed by atoms with E-state index in [9.17, 15) is 4.79 Å². The van der Waals surface area contributed by atoms with Crippen molar-refractivity contribution in [1.29, 1.82) is 0 Å². The smallest absolute Gasteiger partial charge is 0.407 e. The molecule has 0 heterocycles. The first-order chi connectivity index (χ1) is 10.8. The van der Waals surface area contributed by atoms with Gasteiger partial charge in [-0.3, -0.25) is 0 Å². The van der Waals surface area contributed by atoms with Crippen LogP contribution in [0.4, 0.5) is 4.79 Å². The van der Waals surface area contributed by atoms with Gasteiger partial charge in [-0.2, -0.15) is 0 Å². The van der Waals surface area contributed by atoms with Gasteiger partial charge in [0.15, 0.2) is 0 Å². The monoisotopic (exact) mass is 319 g/mol. The lowest BCUT2D eigenvalue weighted by Gasteiger charge is -2.09. The van der Waals surface area contributed by atoms with E-state index in [2.05, 4.69) is 5.32 Å². The molecule has 0 saturated carbocycles. The maximum atomic E-state index is 11.5. The Morgan fingerprint density at radius 2 is 1.73 bits per heavy atom. The summed E-state index contributed by atoms with van der Waals surface area (Å²) in [6.07, 6.45) is -0.454. The third kappa shape index (κ3) is 5.66. The van der Waals surface area contributed by atoms with Crippen LogP contribution in [0, 0.1) is 0 Å². The van der Waals surface area contributed by atoms with Crippen LogP contribution in [-0.2, 0) is 17.2 Å². The lowest BCUT2D eigenvalue weighted by molar-refractivity contribution is 0.137. The van der Waals surface area contributed by atoms with Crippen LogP contribution in [0.2, 0.25) is 0 Å². The fourth-order valence-corrected chi connectivity index (χ4v) is 1.95. The van der Waals surface area contributed by atoms with Crippen molar-refractivity contribution in [1.82, 2.24) is 5.32 Å². The molecular weight excluding hydrogens is 302 g/mol. The standard InChI is InChI=1S/C17H18ClNO3/c18-12-14-6-8-16(9-7-14)21-11-10-19-17(20)22-13-15-4-2-1-3-5-15/h1-9H,10-13H2,(H,19,20). The normalized spacial score (nSPS) is 10.0. The molecule has 0 fully saturated rings. The summed E-state index contributed by atoms with van der Waals surface area (Å²) >= 11 is 5.71. The van der Waals surface area contributed by atoms with E-state index in [0.717, 1.165) is 16.9 Å². The fraction of sp³-hybridized carbons (Fsp3) is 0.235. The third-order valence-electron chi connectivity index (χ3n) is 2.93. The number of carbonyl (C=O) groups is 1. The summed E-state index contributed by atoms with van der Waals surface area (Å²) in [6, 6.07) is 17.0. The van der Waals surface area contributed by atoms with E-state index in [1.165, 1.54) is 0 Å². The van der Waals surface area contributed by atoms with Crippen LogP contribution >= 0.6 is 11.6 Å². The van der Waals surface area contributed by atoms with Crippen LogP contribution in [0.3, 0.4) is 0 Å². The average Bonchev–Trinajstić information content (AvgIpc) is 2.58. The number of nitrogens with one attached hydrogen (secondary N) is 1. The Morgan fingerprint density at radius 3 is 2.41 bits per heavy atom. The first-order valence-corrected chi connectivity index (χ1v) is 7.53. The maximum absolute atomic E-state index is 11.5. The summed E-state index contributed by atoms with van der Waals surface area (Å²) < 4.78 is 10.6. The highest BCUT2D eigenvalue weighted by molar-refractivity contribution is 6.17. The maximum Gasteiger partial charge on any atom is 0.407 e. The minimum absolute atomic E-state index is 0.257. The molecule has 1 amide bonds. The molecule has 0 bridgehead atoms. The van der Waals surface area contributed by atoms with Gasteiger partial charge in [-0.15, -0.1) is 11.6 Å². The number of alkyl halides is 1. The zero-order valence-corrected chi connectivity index (χ0v) is 12.9. The van der Waals surface area contributed by atoms with E-state index in [0.29, 0.717) is 19.0 Å². The molecule has 0 unspecified atom stereocenters. The van der Waals surface area contributed by atoms with Gasteiger partial charge in [-0.1, -0.05) is 42.5 Å². The molecule has 0 aliphatic carbocycles. The zero-order chi connectivity index (χ0) is 15.6. The Morgan fingerprint density at radius 1 is 1.00 bits per heavy atom. The summed E-state index contributed by atoms with van der Waals surface area (Å²) in [5.74, 6) is 1.23. The molecule has 2 aromatic carbocycles. The molecule has 0 saturated heterocycles. The summed E-state index contributed by atoms with van der Waals surface area (Å²) in [7, 11) is 0. The molecule has 1 N–H and O–H groups in total. The minimum Gasteiger partial charge on any atom is -0.492 e. The second-order valence-electron chi connectivity index (χ2n) is 4.61. The molecule has 0 radical (unpaired) electrons. The van der Waals surface area contributed by atoms with E-state index >= 15 is 0 Å². The number of alkyl carbamates (subject to hydrolysis) is 1. The number of benzene rings is 2. The second-order valence-corrected chi connectivity index (χ2v) is 4.88. The van der Waals surface area contributed by atoms with Crippen LogP contribution in [-0.4, -0.2) is 19.2 Å². The fourth-order valence-electron chi connectivity index (χ4n) is 1.77. The van der Waals surface area contributed by atoms with Crippen LogP contribution in [0.5, 0.6) is 5.75 Å². The van der Waals surface area contributed by atoms with Gasteiger partial charge < -0.3 is 14.8 Å². The lowest BCUT2D eigenvalue weighted by Crippen LogP contribution is -2.28. The predicted molar refractivity (Wildman–Crippen MR) is 86.1 cm³/mol. The topological polar surface area (TPSA) is 47.6 Å². The van der Waals surface area contributed by atoms with Gasteiger partial charge in [0.25, 0.3) is 0 Å². The van der Waals surface area contributed by atoms with Gasteiger partial charge in [0.1, 0.15) is 19.0 Å². The van der Waals surface area contributed by atoms with Crippen LogP contribution in [0.15, 0.2) is 54.6 Å². The van der Waals surface area contributed by atoms with Crippen LogP contribution in [0.1, 0.15) is 11.1 Å². The summed E-state index contributed by atoms with van der Waals surface area (Å²) in [4.78, 5) is 11.5. The van der Waals surface area contributed by atoms with Gasteiger partial charge in [0.05, 0.1) is 6.54 Å². The molecule has 22 heavy (non-hydrogen) atoms. The molecule has 2 aromatic rings.